The fourth-order valence-electron chi connectivity index (χ4n) is 2.82. The lowest BCUT2D eigenvalue weighted by molar-refractivity contribution is 0.412. The highest BCUT2D eigenvalue weighted by Crippen LogP contribution is 2.29. The predicted octanol–water partition coefficient (Wildman–Crippen LogP) is 3.48. The van der Waals surface area contributed by atoms with Crippen molar-refractivity contribution in [2.24, 2.45) is 0 Å². The van der Waals surface area contributed by atoms with Gasteiger partial charge in [0.25, 0.3) is 5.56 Å². The number of nitrogens with one attached hydrogen (secondary N) is 1. The summed E-state index contributed by atoms with van der Waals surface area (Å²) in [6.45, 7) is 3.96. The summed E-state index contributed by atoms with van der Waals surface area (Å²) in [5, 5.41) is 9.58. The molecule has 0 spiro atoms. The van der Waals surface area contributed by atoms with Gasteiger partial charge in [-0.25, -0.2) is 4.98 Å². The van der Waals surface area contributed by atoms with E-state index in [4.69, 9.17) is 4.74 Å². The Balaban J connectivity index is 1.63. The average molecular weight is 400 g/mol. The highest BCUT2D eigenvalue weighted by atomic mass is 32.2. The molecule has 0 fully saturated rings. The highest BCUT2D eigenvalue weighted by molar-refractivity contribution is 7.98. The van der Waals surface area contributed by atoms with Gasteiger partial charge >= 0.3 is 0 Å². The van der Waals surface area contributed by atoms with Gasteiger partial charge in [-0.15, -0.1) is 21.5 Å². The number of rotatable bonds is 5. The van der Waals surface area contributed by atoms with E-state index in [1.54, 1.807) is 24.8 Å². The van der Waals surface area contributed by atoms with Gasteiger partial charge in [0, 0.05) is 4.88 Å². The van der Waals surface area contributed by atoms with Gasteiger partial charge in [0.2, 0.25) is 0 Å². The minimum Gasteiger partial charge on any atom is -0.495 e. The predicted molar refractivity (Wildman–Crippen MR) is 107 cm³/mol. The largest absolute Gasteiger partial charge is 0.495 e. The number of methoxy groups -OCH3 is 1. The number of ether oxygens (including phenoxy) is 1. The first-order chi connectivity index (χ1) is 13.1. The van der Waals surface area contributed by atoms with Crippen LogP contribution in [-0.4, -0.2) is 31.8 Å². The molecule has 0 saturated heterocycles. The number of aromatic nitrogens is 5. The Morgan fingerprint density at radius 3 is 2.93 bits per heavy atom. The van der Waals surface area contributed by atoms with Crippen molar-refractivity contribution >= 4 is 33.3 Å². The maximum absolute atomic E-state index is 12.4. The Morgan fingerprint density at radius 2 is 2.11 bits per heavy atom. The molecule has 1 N–H and O–H groups in total. The summed E-state index contributed by atoms with van der Waals surface area (Å²) in [6.07, 6.45) is 1.64. The standard InChI is InChI=1S/C18H17N5O2S2/c1-10-11(2)27-17-15(10)16(24)20-14(21-17)8-26-18-22-19-9-23(18)12-6-4-5-7-13(12)25-3/h4-7,9H,8H2,1-3H3,(H,20,21,24). The summed E-state index contributed by atoms with van der Waals surface area (Å²) < 4.78 is 7.28. The molecule has 4 rings (SSSR count). The van der Waals surface area contributed by atoms with Gasteiger partial charge in [-0.1, -0.05) is 23.9 Å². The molecule has 0 unspecified atom stereocenters. The molecule has 4 aromatic rings. The molecule has 0 aliphatic heterocycles. The van der Waals surface area contributed by atoms with Crippen LogP contribution in [0.2, 0.25) is 0 Å². The van der Waals surface area contributed by atoms with Gasteiger partial charge in [0.15, 0.2) is 5.16 Å². The molecule has 0 aliphatic carbocycles. The van der Waals surface area contributed by atoms with Crippen molar-refractivity contribution < 1.29 is 4.74 Å². The van der Waals surface area contributed by atoms with Crippen molar-refractivity contribution in [3.8, 4) is 11.4 Å². The molecule has 138 valence electrons. The second-order valence-electron chi connectivity index (χ2n) is 5.92. The van der Waals surface area contributed by atoms with E-state index in [1.807, 2.05) is 42.7 Å². The van der Waals surface area contributed by atoms with Gasteiger partial charge in [0.1, 0.15) is 22.7 Å². The summed E-state index contributed by atoms with van der Waals surface area (Å²) in [5.41, 5.74) is 1.76. The molecule has 0 radical (unpaired) electrons. The molecular formula is C18H17N5O2S2. The second-order valence-corrected chi connectivity index (χ2v) is 8.07. The van der Waals surface area contributed by atoms with E-state index < -0.39 is 0 Å². The highest BCUT2D eigenvalue weighted by Gasteiger charge is 2.14. The lowest BCUT2D eigenvalue weighted by Gasteiger charge is -2.10. The molecule has 1 aromatic carbocycles. The third-order valence-corrected chi connectivity index (χ3v) is 6.34. The fourth-order valence-corrected chi connectivity index (χ4v) is 4.66. The van der Waals surface area contributed by atoms with Crippen molar-refractivity contribution in [2.45, 2.75) is 24.8 Å². The third-order valence-electron chi connectivity index (χ3n) is 4.29. The first-order valence-corrected chi connectivity index (χ1v) is 10.0. The second kappa shape index (κ2) is 7.16. The number of hydrogen-bond acceptors (Lipinski definition) is 7. The smallest absolute Gasteiger partial charge is 0.259 e. The van der Waals surface area contributed by atoms with Crippen LogP contribution in [0.25, 0.3) is 15.9 Å². The SMILES string of the molecule is COc1ccccc1-n1cnnc1SCc1nc2sc(C)c(C)c2c(=O)[nH]1. The van der Waals surface area contributed by atoms with E-state index in [2.05, 4.69) is 20.2 Å². The molecule has 7 nitrogen and oxygen atoms in total. The number of thioether (sulfide) groups is 1. The minimum absolute atomic E-state index is 0.0938. The first-order valence-electron chi connectivity index (χ1n) is 8.23. The quantitative estimate of drug-likeness (QED) is 0.517. The van der Waals surface area contributed by atoms with E-state index in [1.165, 1.54) is 11.8 Å². The Bertz CT molecular complexity index is 1180. The van der Waals surface area contributed by atoms with E-state index in [9.17, 15) is 4.79 Å². The van der Waals surface area contributed by atoms with Crippen LogP contribution in [0, 0.1) is 13.8 Å². The summed E-state index contributed by atoms with van der Waals surface area (Å²) >= 11 is 3.00. The lowest BCUT2D eigenvalue weighted by atomic mass is 10.2. The molecule has 0 amide bonds. The number of thiophene rings is 1. The van der Waals surface area contributed by atoms with Crippen molar-refractivity contribution in [2.75, 3.05) is 7.11 Å². The zero-order valence-electron chi connectivity index (χ0n) is 15.0. The van der Waals surface area contributed by atoms with E-state index in [0.29, 0.717) is 22.1 Å². The maximum atomic E-state index is 12.4. The van der Waals surface area contributed by atoms with Crippen LogP contribution in [0.5, 0.6) is 5.75 Å². The molecule has 27 heavy (non-hydrogen) atoms. The van der Waals surface area contributed by atoms with Crippen LogP contribution in [0.15, 0.2) is 40.5 Å². The Labute approximate surface area is 163 Å². The summed E-state index contributed by atoms with van der Waals surface area (Å²) in [4.78, 5) is 21.8. The van der Waals surface area contributed by atoms with E-state index >= 15 is 0 Å². The van der Waals surface area contributed by atoms with Crippen molar-refractivity contribution in [3.63, 3.8) is 0 Å². The van der Waals surface area contributed by atoms with Crippen LogP contribution in [0.3, 0.4) is 0 Å². The Hall–Kier alpha value is -2.65. The van der Waals surface area contributed by atoms with Gasteiger partial charge in [-0.2, -0.15) is 0 Å². The average Bonchev–Trinajstić information content (AvgIpc) is 3.24. The van der Waals surface area contributed by atoms with Crippen LogP contribution < -0.4 is 10.3 Å². The summed E-state index contributed by atoms with van der Waals surface area (Å²) in [6, 6.07) is 7.67. The zero-order valence-corrected chi connectivity index (χ0v) is 16.6. The van der Waals surface area contributed by atoms with Crippen molar-refractivity contribution in [3.05, 3.63) is 57.2 Å². The van der Waals surface area contributed by atoms with Crippen LogP contribution in [0.4, 0.5) is 0 Å². The molecule has 3 heterocycles. The number of hydrogen-bond donors (Lipinski definition) is 1. The monoisotopic (exact) mass is 399 g/mol. The topological polar surface area (TPSA) is 85.7 Å². The number of aromatic amines is 1. The minimum atomic E-state index is -0.0938. The van der Waals surface area contributed by atoms with Crippen LogP contribution >= 0.6 is 23.1 Å². The van der Waals surface area contributed by atoms with Gasteiger partial charge < -0.3 is 9.72 Å². The maximum Gasteiger partial charge on any atom is 0.259 e. The number of para-hydroxylation sites is 2. The lowest BCUT2D eigenvalue weighted by Crippen LogP contribution is -2.11. The molecule has 0 atom stereocenters. The van der Waals surface area contributed by atoms with Gasteiger partial charge in [-0.05, 0) is 31.5 Å². The molecule has 0 saturated carbocycles. The number of nitrogens with zero attached hydrogens (tertiary/aromatic N) is 4. The summed E-state index contributed by atoms with van der Waals surface area (Å²) in [7, 11) is 1.63. The van der Waals surface area contributed by atoms with E-state index in [0.717, 1.165) is 26.7 Å². The van der Waals surface area contributed by atoms with Crippen molar-refractivity contribution in [1.29, 1.82) is 0 Å². The zero-order chi connectivity index (χ0) is 19.0. The first kappa shape index (κ1) is 17.7. The van der Waals surface area contributed by atoms with E-state index in [-0.39, 0.29) is 5.56 Å². The number of H-pyrrole nitrogens is 1. The van der Waals surface area contributed by atoms with Crippen molar-refractivity contribution in [1.82, 2.24) is 24.7 Å². The number of fused-ring (bicyclic) bond motifs is 1. The Morgan fingerprint density at radius 1 is 1.30 bits per heavy atom. The molecule has 3 aromatic heterocycles. The summed E-state index contributed by atoms with van der Waals surface area (Å²) in [5.74, 6) is 1.83. The number of benzene rings is 1. The molecular weight excluding hydrogens is 382 g/mol. The van der Waals surface area contributed by atoms with Gasteiger partial charge in [-0.3, -0.25) is 9.36 Å². The molecule has 0 aliphatic rings. The third kappa shape index (κ3) is 3.24. The fraction of sp³-hybridized carbons (Fsp3) is 0.222. The normalized spacial score (nSPS) is 11.2. The Kier molecular flexibility index (Phi) is 4.71. The molecule has 0 bridgehead atoms. The van der Waals surface area contributed by atoms with Crippen LogP contribution in [0.1, 0.15) is 16.3 Å². The number of aryl methyl sites for hydroxylation is 2. The molecule has 9 heteroatoms. The van der Waals surface area contributed by atoms with Crippen LogP contribution in [-0.2, 0) is 5.75 Å². The van der Waals surface area contributed by atoms with Gasteiger partial charge in [0.05, 0.1) is 23.9 Å².